The fourth-order valence-corrected chi connectivity index (χ4v) is 2.15. The van der Waals surface area contributed by atoms with Crippen LogP contribution in [-0.4, -0.2) is 0 Å². The molecule has 2 N–H and O–H groups in total. The van der Waals surface area contributed by atoms with Gasteiger partial charge in [0.05, 0.1) is 0 Å². The first kappa shape index (κ1) is 7.63. The third-order valence-corrected chi connectivity index (χ3v) is 2.83. The minimum Gasteiger partial charge on any atom is -0.398 e. The van der Waals surface area contributed by atoms with Crippen LogP contribution in [0.15, 0.2) is 36.4 Å². The smallest absolute Gasteiger partial charge is 0.0394 e. The zero-order valence-electron chi connectivity index (χ0n) is 7.83. The van der Waals surface area contributed by atoms with Crippen molar-refractivity contribution >= 4 is 22.5 Å². The summed E-state index contributed by atoms with van der Waals surface area (Å²) in [4.78, 5) is 0. The van der Waals surface area contributed by atoms with Gasteiger partial charge in [-0.05, 0) is 28.8 Å². The highest BCUT2D eigenvalue weighted by Gasteiger charge is 2.09. The molecule has 2 aromatic rings. The molecule has 3 rings (SSSR count). The average Bonchev–Trinajstić information content (AvgIpc) is 2.24. The number of benzene rings is 2. The van der Waals surface area contributed by atoms with Gasteiger partial charge in [-0.2, -0.15) is 0 Å². The summed E-state index contributed by atoms with van der Waals surface area (Å²) in [5.74, 6) is 0. The van der Waals surface area contributed by atoms with Gasteiger partial charge < -0.3 is 5.73 Å². The van der Waals surface area contributed by atoms with E-state index in [4.69, 9.17) is 5.73 Å². The van der Waals surface area contributed by atoms with Crippen molar-refractivity contribution in [1.82, 2.24) is 0 Å². The Labute approximate surface area is 82.9 Å². The molecule has 2 aromatic carbocycles. The molecule has 0 fully saturated rings. The van der Waals surface area contributed by atoms with Gasteiger partial charge in [-0.15, -0.1) is 0 Å². The third kappa shape index (κ3) is 0.896. The number of nitrogen functional groups attached to an aromatic ring is 1. The summed E-state index contributed by atoms with van der Waals surface area (Å²) >= 11 is 0. The second-order valence-electron chi connectivity index (χ2n) is 3.69. The van der Waals surface area contributed by atoms with Crippen LogP contribution in [0.25, 0.3) is 16.8 Å². The third-order valence-electron chi connectivity index (χ3n) is 2.83. The molecule has 1 aliphatic carbocycles. The van der Waals surface area contributed by atoms with E-state index >= 15 is 0 Å². The lowest BCUT2D eigenvalue weighted by Crippen LogP contribution is -1.97. The van der Waals surface area contributed by atoms with Crippen LogP contribution in [0.5, 0.6) is 0 Å². The fourth-order valence-electron chi connectivity index (χ4n) is 2.15. The van der Waals surface area contributed by atoms with Crippen LogP contribution in [0, 0.1) is 0 Å². The van der Waals surface area contributed by atoms with Crippen LogP contribution >= 0.6 is 0 Å². The average molecular weight is 181 g/mol. The Bertz CT molecular complexity index is 538. The number of anilines is 1. The predicted octanol–water partition coefficient (Wildman–Crippen LogP) is 2.99. The van der Waals surface area contributed by atoms with Crippen molar-refractivity contribution in [2.75, 3.05) is 5.73 Å². The Balaban J connectivity index is 2.56. The predicted molar refractivity (Wildman–Crippen MR) is 61.1 cm³/mol. The van der Waals surface area contributed by atoms with E-state index in [2.05, 4.69) is 36.4 Å². The molecule has 0 saturated heterocycles. The van der Waals surface area contributed by atoms with Crippen LogP contribution in [0.1, 0.15) is 11.1 Å². The zero-order valence-corrected chi connectivity index (χ0v) is 7.83. The van der Waals surface area contributed by atoms with Gasteiger partial charge >= 0.3 is 0 Å². The van der Waals surface area contributed by atoms with E-state index in [9.17, 15) is 0 Å². The Morgan fingerprint density at radius 1 is 1.07 bits per heavy atom. The molecule has 0 saturated carbocycles. The second kappa shape index (κ2) is 2.61. The summed E-state index contributed by atoms with van der Waals surface area (Å²) in [6.45, 7) is 0. The lowest BCUT2D eigenvalue weighted by molar-refractivity contribution is 1.29. The van der Waals surface area contributed by atoms with Crippen molar-refractivity contribution in [1.29, 1.82) is 0 Å². The van der Waals surface area contributed by atoms with E-state index in [1.54, 1.807) is 0 Å². The van der Waals surface area contributed by atoms with Crippen molar-refractivity contribution in [3.63, 3.8) is 0 Å². The lowest BCUT2D eigenvalue weighted by atomic mass is 9.92. The Morgan fingerprint density at radius 2 is 2.00 bits per heavy atom. The lowest BCUT2D eigenvalue weighted by Gasteiger charge is -2.14. The van der Waals surface area contributed by atoms with Crippen molar-refractivity contribution < 1.29 is 0 Å². The zero-order chi connectivity index (χ0) is 9.54. The quantitative estimate of drug-likeness (QED) is 0.621. The highest BCUT2D eigenvalue weighted by molar-refractivity contribution is 5.99. The number of rotatable bonds is 0. The van der Waals surface area contributed by atoms with E-state index in [1.807, 2.05) is 6.07 Å². The molecule has 14 heavy (non-hydrogen) atoms. The van der Waals surface area contributed by atoms with Gasteiger partial charge in [0.15, 0.2) is 0 Å². The highest BCUT2D eigenvalue weighted by atomic mass is 14.6. The molecule has 1 aliphatic rings. The topological polar surface area (TPSA) is 26.0 Å². The van der Waals surface area contributed by atoms with Crippen LogP contribution in [-0.2, 0) is 6.42 Å². The summed E-state index contributed by atoms with van der Waals surface area (Å²) in [7, 11) is 0. The number of hydrogen-bond donors (Lipinski definition) is 1. The van der Waals surface area contributed by atoms with Crippen LogP contribution in [0.3, 0.4) is 0 Å². The molecule has 0 bridgehead atoms. The van der Waals surface area contributed by atoms with Crippen molar-refractivity contribution in [2.24, 2.45) is 0 Å². The van der Waals surface area contributed by atoms with Crippen molar-refractivity contribution in [2.45, 2.75) is 6.42 Å². The molecule has 1 heteroatoms. The minimum atomic E-state index is 0.876. The summed E-state index contributed by atoms with van der Waals surface area (Å²) in [5, 5.41) is 2.62. The first-order chi connectivity index (χ1) is 6.86. The molecule has 0 radical (unpaired) electrons. The minimum absolute atomic E-state index is 0.876. The first-order valence-electron chi connectivity index (χ1n) is 4.83. The number of hydrogen-bond acceptors (Lipinski definition) is 1. The van der Waals surface area contributed by atoms with Gasteiger partial charge in [0.25, 0.3) is 0 Å². The highest BCUT2D eigenvalue weighted by Crippen LogP contribution is 2.31. The summed E-state index contributed by atoms with van der Waals surface area (Å²) in [6, 6.07) is 10.5. The molecule has 68 valence electrons. The fraction of sp³-hybridized carbons (Fsp3) is 0.0769. The molecule has 0 heterocycles. The molecule has 0 unspecified atom stereocenters. The van der Waals surface area contributed by atoms with Crippen LogP contribution in [0.4, 0.5) is 5.69 Å². The summed E-state index contributed by atoms with van der Waals surface area (Å²) < 4.78 is 0. The molecule has 1 nitrogen and oxygen atoms in total. The summed E-state index contributed by atoms with van der Waals surface area (Å²) in [6.07, 6.45) is 5.33. The summed E-state index contributed by atoms with van der Waals surface area (Å²) in [5.41, 5.74) is 9.39. The monoisotopic (exact) mass is 181 g/mol. The van der Waals surface area contributed by atoms with E-state index in [-0.39, 0.29) is 0 Å². The van der Waals surface area contributed by atoms with Crippen LogP contribution < -0.4 is 5.73 Å². The van der Waals surface area contributed by atoms with Gasteiger partial charge in [0, 0.05) is 11.3 Å². The molecule has 0 aliphatic heterocycles. The Hall–Kier alpha value is -1.76. The van der Waals surface area contributed by atoms with Crippen LogP contribution in [0.2, 0.25) is 0 Å². The molecule has 0 spiro atoms. The molecule has 0 aromatic heterocycles. The van der Waals surface area contributed by atoms with E-state index < -0.39 is 0 Å². The molecular weight excluding hydrogens is 170 g/mol. The Kier molecular flexibility index (Phi) is 1.42. The van der Waals surface area contributed by atoms with Gasteiger partial charge in [-0.1, -0.05) is 36.4 Å². The maximum Gasteiger partial charge on any atom is 0.0394 e. The van der Waals surface area contributed by atoms with Gasteiger partial charge in [-0.3, -0.25) is 0 Å². The normalized spacial score (nSPS) is 13.4. The van der Waals surface area contributed by atoms with Gasteiger partial charge in [0.1, 0.15) is 0 Å². The standard InChI is InChI=1S/C13H11N/c14-12-8-7-10-4-1-3-9-5-2-6-11(12)13(9)10/h1-4,6-8H,5,14H2. The molecule has 0 amide bonds. The molecular formula is C13H11N. The number of allylic oxidation sites excluding steroid dienone is 1. The van der Waals surface area contributed by atoms with Gasteiger partial charge in [-0.25, -0.2) is 0 Å². The van der Waals surface area contributed by atoms with E-state index in [1.165, 1.54) is 21.9 Å². The molecule has 0 atom stereocenters. The maximum atomic E-state index is 5.95. The largest absolute Gasteiger partial charge is 0.398 e. The van der Waals surface area contributed by atoms with Gasteiger partial charge in [0.2, 0.25) is 0 Å². The van der Waals surface area contributed by atoms with E-state index in [0.717, 1.165) is 12.1 Å². The van der Waals surface area contributed by atoms with Crippen molar-refractivity contribution in [3.8, 4) is 0 Å². The maximum absolute atomic E-state index is 5.95. The van der Waals surface area contributed by atoms with Crippen molar-refractivity contribution in [3.05, 3.63) is 47.5 Å². The SMILES string of the molecule is Nc1ccc2cccc3c2c1C=CC3. The Morgan fingerprint density at radius 3 is 2.93 bits per heavy atom. The first-order valence-corrected chi connectivity index (χ1v) is 4.83. The number of nitrogens with two attached hydrogens (primary N) is 1. The second-order valence-corrected chi connectivity index (χ2v) is 3.69. The van der Waals surface area contributed by atoms with E-state index in [0.29, 0.717) is 0 Å².